The molecule has 0 unspecified atom stereocenters. The van der Waals surface area contributed by atoms with E-state index in [9.17, 15) is 9.59 Å². The normalized spacial score (nSPS) is 15.7. The minimum Gasteiger partial charge on any atom is -0.484 e. The van der Waals surface area contributed by atoms with Crippen molar-refractivity contribution in [2.45, 2.75) is 0 Å². The summed E-state index contributed by atoms with van der Waals surface area (Å²) in [6.07, 6.45) is 0. The molecule has 0 aromatic carbocycles. The Labute approximate surface area is 129 Å². The fourth-order valence-corrected chi connectivity index (χ4v) is 2.37. The molecule has 0 saturated carbocycles. The quantitative estimate of drug-likeness (QED) is 0.720. The van der Waals surface area contributed by atoms with Crippen LogP contribution in [0.25, 0.3) is 0 Å². The summed E-state index contributed by atoms with van der Waals surface area (Å²) in [6.45, 7) is 4.15. The molecule has 116 valence electrons. The Morgan fingerprint density at radius 2 is 2.14 bits per heavy atom. The van der Waals surface area contributed by atoms with Crippen LogP contribution in [0.1, 0.15) is 10.6 Å². The van der Waals surface area contributed by atoms with Gasteiger partial charge in [-0.3, -0.25) is 4.90 Å². The molecule has 1 aliphatic heterocycles. The Morgan fingerprint density at radius 1 is 1.43 bits per heavy atom. The summed E-state index contributed by atoms with van der Waals surface area (Å²) in [5, 5.41) is 0. The standard InChI is InChI=1S/C13H16BrNO6/c1-18-12(16)10-8-9(14)11(13(17)21-10)20-7-4-15-2-5-19-6-3-15/h8H,2-7H2,1H3. The highest BCUT2D eigenvalue weighted by Gasteiger charge is 2.17. The van der Waals surface area contributed by atoms with Crippen LogP contribution in [0.3, 0.4) is 0 Å². The second kappa shape index (κ2) is 7.58. The molecule has 2 heterocycles. The van der Waals surface area contributed by atoms with Gasteiger partial charge >= 0.3 is 11.6 Å². The molecule has 0 atom stereocenters. The van der Waals surface area contributed by atoms with E-state index in [1.54, 1.807) is 0 Å². The molecule has 0 bridgehead atoms. The van der Waals surface area contributed by atoms with Gasteiger partial charge in [-0.15, -0.1) is 0 Å². The molecule has 1 aromatic heterocycles. The smallest absolute Gasteiger partial charge is 0.380 e. The third kappa shape index (κ3) is 4.29. The summed E-state index contributed by atoms with van der Waals surface area (Å²) in [7, 11) is 1.21. The number of halogens is 1. The molecular formula is C13H16BrNO6. The average molecular weight is 362 g/mol. The molecular weight excluding hydrogens is 346 g/mol. The number of carbonyl (C=O) groups is 1. The van der Waals surface area contributed by atoms with Crippen LogP contribution < -0.4 is 10.4 Å². The van der Waals surface area contributed by atoms with E-state index >= 15 is 0 Å². The lowest BCUT2D eigenvalue weighted by atomic mass is 10.4. The van der Waals surface area contributed by atoms with Crippen molar-refractivity contribution in [3.8, 4) is 5.75 Å². The topological polar surface area (TPSA) is 78.2 Å². The zero-order valence-electron chi connectivity index (χ0n) is 11.6. The zero-order chi connectivity index (χ0) is 15.2. The number of rotatable bonds is 5. The summed E-state index contributed by atoms with van der Waals surface area (Å²) < 4.78 is 20.4. The third-order valence-corrected chi connectivity index (χ3v) is 3.60. The van der Waals surface area contributed by atoms with Crippen molar-refractivity contribution in [3.63, 3.8) is 0 Å². The van der Waals surface area contributed by atoms with E-state index in [0.29, 0.717) is 30.8 Å². The average Bonchev–Trinajstić information content (AvgIpc) is 2.50. The second-order valence-electron chi connectivity index (χ2n) is 4.37. The maximum absolute atomic E-state index is 11.8. The van der Waals surface area contributed by atoms with Gasteiger partial charge in [-0.1, -0.05) is 0 Å². The SMILES string of the molecule is COC(=O)c1cc(Br)c(OCCN2CCOCC2)c(=O)o1. The van der Waals surface area contributed by atoms with E-state index in [-0.39, 0.29) is 11.5 Å². The molecule has 1 fully saturated rings. The number of hydrogen-bond acceptors (Lipinski definition) is 7. The minimum absolute atomic E-state index is 0.0518. The van der Waals surface area contributed by atoms with Crippen molar-refractivity contribution in [2.24, 2.45) is 0 Å². The lowest BCUT2D eigenvalue weighted by Gasteiger charge is -2.26. The van der Waals surface area contributed by atoms with E-state index in [1.165, 1.54) is 13.2 Å². The van der Waals surface area contributed by atoms with Crippen LogP contribution in [0.15, 0.2) is 19.8 Å². The van der Waals surface area contributed by atoms with Gasteiger partial charge in [0, 0.05) is 25.7 Å². The monoisotopic (exact) mass is 361 g/mol. The first-order valence-electron chi connectivity index (χ1n) is 6.46. The lowest BCUT2D eigenvalue weighted by Crippen LogP contribution is -2.38. The molecule has 0 radical (unpaired) electrons. The highest BCUT2D eigenvalue weighted by Crippen LogP contribution is 2.22. The van der Waals surface area contributed by atoms with Crippen LogP contribution in [0.5, 0.6) is 5.75 Å². The van der Waals surface area contributed by atoms with Gasteiger partial charge in [0.1, 0.15) is 6.61 Å². The molecule has 1 saturated heterocycles. The number of hydrogen-bond donors (Lipinski definition) is 0. The Morgan fingerprint density at radius 3 is 2.76 bits per heavy atom. The molecule has 1 aromatic rings. The largest absolute Gasteiger partial charge is 0.484 e. The van der Waals surface area contributed by atoms with Gasteiger partial charge in [-0.05, 0) is 15.9 Å². The van der Waals surface area contributed by atoms with Crippen molar-refractivity contribution in [2.75, 3.05) is 46.6 Å². The molecule has 8 heteroatoms. The number of ether oxygens (including phenoxy) is 3. The predicted octanol–water partition coefficient (Wildman–Crippen LogP) is 0.900. The summed E-state index contributed by atoms with van der Waals surface area (Å²) in [4.78, 5) is 25.3. The van der Waals surface area contributed by atoms with Gasteiger partial charge < -0.3 is 18.6 Å². The fraction of sp³-hybridized carbons (Fsp3) is 0.538. The minimum atomic E-state index is -0.716. The highest BCUT2D eigenvalue weighted by atomic mass is 79.9. The van der Waals surface area contributed by atoms with E-state index < -0.39 is 11.6 Å². The molecule has 0 spiro atoms. The molecule has 0 N–H and O–H groups in total. The summed E-state index contributed by atoms with van der Waals surface area (Å²) in [5.41, 5.74) is -0.716. The van der Waals surface area contributed by atoms with Gasteiger partial charge in [0.2, 0.25) is 11.5 Å². The second-order valence-corrected chi connectivity index (χ2v) is 5.22. The van der Waals surface area contributed by atoms with Crippen molar-refractivity contribution < 1.29 is 23.4 Å². The molecule has 2 rings (SSSR count). The number of nitrogens with zero attached hydrogens (tertiary/aromatic N) is 1. The van der Waals surface area contributed by atoms with Crippen LogP contribution in [0.4, 0.5) is 0 Å². The summed E-state index contributed by atoms with van der Waals surface area (Å²) in [5.74, 6) is -0.835. The first kappa shape index (κ1) is 16.0. The molecule has 0 aliphatic carbocycles. The number of carbonyl (C=O) groups excluding carboxylic acids is 1. The molecule has 0 amide bonds. The fourth-order valence-electron chi connectivity index (χ4n) is 1.88. The first-order valence-corrected chi connectivity index (χ1v) is 7.26. The predicted molar refractivity (Wildman–Crippen MR) is 76.8 cm³/mol. The number of esters is 1. The van der Waals surface area contributed by atoms with Gasteiger partial charge in [0.15, 0.2) is 0 Å². The van der Waals surface area contributed by atoms with Crippen LogP contribution in [0.2, 0.25) is 0 Å². The lowest BCUT2D eigenvalue weighted by molar-refractivity contribution is 0.0319. The maximum atomic E-state index is 11.8. The van der Waals surface area contributed by atoms with Crippen molar-refractivity contribution in [1.82, 2.24) is 4.90 Å². The van der Waals surface area contributed by atoms with Gasteiger partial charge in [-0.2, -0.15) is 0 Å². The van der Waals surface area contributed by atoms with Crippen LogP contribution in [-0.4, -0.2) is 57.4 Å². The number of methoxy groups -OCH3 is 1. The van der Waals surface area contributed by atoms with E-state index in [4.69, 9.17) is 13.9 Å². The van der Waals surface area contributed by atoms with Crippen LogP contribution in [-0.2, 0) is 9.47 Å². The number of morpholine rings is 1. The molecule has 1 aliphatic rings. The third-order valence-electron chi connectivity index (χ3n) is 3.01. The molecule has 7 nitrogen and oxygen atoms in total. The Kier molecular flexibility index (Phi) is 5.77. The first-order chi connectivity index (χ1) is 10.1. The maximum Gasteiger partial charge on any atom is 0.380 e. The van der Waals surface area contributed by atoms with Crippen molar-refractivity contribution in [3.05, 3.63) is 26.7 Å². The van der Waals surface area contributed by atoms with E-state index in [2.05, 4.69) is 25.6 Å². The van der Waals surface area contributed by atoms with Crippen LogP contribution in [0, 0.1) is 0 Å². The highest BCUT2D eigenvalue weighted by molar-refractivity contribution is 9.10. The van der Waals surface area contributed by atoms with Gasteiger partial charge in [0.05, 0.1) is 24.8 Å². The summed E-state index contributed by atoms with van der Waals surface area (Å²) in [6, 6.07) is 1.36. The van der Waals surface area contributed by atoms with Crippen molar-refractivity contribution >= 4 is 21.9 Å². The summed E-state index contributed by atoms with van der Waals surface area (Å²) >= 11 is 3.20. The Balaban J connectivity index is 1.96. The van der Waals surface area contributed by atoms with Crippen molar-refractivity contribution in [1.29, 1.82) is 0 Å². The van der Waals surface area contributed by atoms with Gasteiger partial charge in [-0.25, -0.2) is 9.59 Å². The zero-order valence-corrected chi connectivity index (χ0v) is 13.2. The van der Waals surface area contributed by atoms with Gasteiger partial charge in [0.25, 0.3) is 0 Å². The molecule has 21 heavy (non-hydrogen) atoms. The van der Waals surface area contributed by atoms with Crippen LogP contribution >= 0.6 is 15.9 Å². The Hall–Kier alpha value is -1.38. The van der Waals surface area contributed by atoms with E-state index in [0.717, 1.165) is 13.1 Å². The Bertz CT molecular complexity index is 552. The van der Waals surface area contributed by atoms with E-state index in [1.807, 2.05) is 0 Å².